The lowest BCUT2D eigenvalue weighted by molar-refractivity contribution is 0.473. The highest BCUT2D eigenvalue weighted by Gasteiger charge is 2.03. The summed E-state index contributed by atoms with van der Waals surface area (Å²) in [6.07, 6.45) is 0. The van der Waals surface area contributed by atoms with Crippen molar-refractivity contribution >= 4 is 23.1 Å². The van der Waals surface area contributed by atoms with Crippen molar-refractivity contribution in [1.29, 1.82) is 0 Å². The smallest absolute Gasteiger partial charge is 0.184 e. The van der Waals surface area contributed by atoms with Gasteiger partial charge in [-0.2, -0.15) is 4.37 Å². The number of halogens is 1. The SMILES string of the molecule is Cc1snc(Cl)c1O. The van der Waals surface area contributed by atoms with Crippen LogP contribution in [0.15, 0.2) is 0 Å². The summed E-state index contributed by atoms with van der Waals surface area (Å²) < 4.78 is 3.67. The normalized spacial score (nSPS) is 9.75. The van der Waals surface area contributed by atoms with Gasteiger partial charge in [-0.05, 0) is 18.5 Å². The first kappa shape index (κ1) is 5.85. The number of aromatic hydroxyl groups is 1. The van der Waals surface area contributed by atoms with Gasteiger partial charge in [-0.15, -0.1) is 0 Å². The van der Waals surface area contributed by atoms with Gasteiger partial charge in [0.2, 0.25) is 0 Å². The van der Waals surface area contributed by atoms with Crippen LogP contribution < -0.4 is 0 Å². The average Bonchev–Trinajstić information content (AvgIpc) is 1.98. The maximum Gasteiger partial charge on any atom is 0.184 e. The highest BCUT2D eigenvalue weighted by atomic mass is 35.5. The van der Waals surface area contributed by atoms with Crippen LogP contribution in [0.4, 0.5) is 0 Å². The second-order valence-corrected chi connectivity index (χ2v) is 2.71. The van der Waals surface area contributed by atoms with Crippen LogP contribution >= 0.6 is 23.1 Å². The molecule has 1 heterocycles. The van der Waals surface area contributed by atoms with Gasteiger partial charge in [0.05, 0.1) is 4.88 Å². The zero-order valence-corrected chi connectivity index (χ0v) is 5.75. The van der Waals surface area contributed by atoms with Crippen LogP contribution in [0.1, 0.15) is 4.88 Å². The number of hydrogen-bond acceptors (Lipinski definition) is 3. The Bertz CT molecular complexity index is 178. The standard InChI is InChI=1S/C4H4ClNOS/c1-2-3(7)4(5)6-8-2/h7H,1H3. The Morgan fingerprint density at radius 2 is 2.38 bits per heavy atom. The van der Waals surface area contributed by atoms with Gasteiger partial charge in [0.15, 0.2) is 10.9 Å². The highest BCUT2D eigenvalue weighted by molar-refractivity contribution is 7.06. The van der Waals surface area contributed by atoms with E-state index < -0.39 is 0 Å². The quantitative estimate of drug-likeness (QED) is 0.611. The molecule has 1 aromatic heterocycles. The van der Waals surface area contributed by atoms with E-state index in [9.17, 15) is 0 Å². The lowest BCUT2D eigenvalue weighted by Crippen LogP contribution is -1.59. The summed E-state index contributed by atoms with van der Waals surface area (Å²) >= 11 is 6.58. The fourth-order valence-corrected chi connectivity index (χ4v) is 1.13. The van der Waals surface area contributed by atoms with Gasteiger partial charge in [-0.1, -0.05) is 11.6 Å². The topological polar surface area (TPSA) is 33.1 Å². The largest absolute Gasteiger partial charge is 0.504 e. The number of hydrogen-bond donors (Lipinski definition) is 1. The summed E-state index contributed by atoms with van der Waals surface area (Å²) in [6.45, 7) is 1.76. The van der Waals surface area contributed by atoms with E-state index in [1.165, 1.54) is 11.5 Å². The van der Waals surface area contributed by atoms with E-state index in [0.717, 1.165) is 4.88 Å². The van der Waals surface area contributed by atoms with Crippen LogP contribution in [0.2, 0.25) is 5.15 Å². The van der Waals surface area contributed by atoms with E-state index in [0.29, 0.717) is 0 Å². The van der Waals surface area contributed by atoms with Gasteiger partial charge in [0.1, 0.15) is 0 Å². The Hall–Kier alpha value is -0.280. The third-order valence-electron chi connectivity index (χ3n) is 0.792. The molecule has 4 heteroatoms. The summed E-state index contributed by atoms with van der Waals surface area (Å²) in [7, 11) is 0. The maximum absolute atomic E-state index is 8.86. The lowest BCUT2D eigenvalue weighted by atomic mass is 10.5. The van der Waals surface area contributed by atoms with Crippen LogP contribution in [0, 0.1) is 6.92 Å². The Morgan fingerprint density at radius 3 is 2.50 bits per heavy atom. The van der Waals surface area contributed by atoms with E-state index in [4.69, 9.17) is 16.7 Å². The van der Waals surface area contributed by atoms with Crippen LogP contribution in [0.5, 0.6) is 5.75 Å². The molecule has 0 fully saturated rings. The molecule has 0 aliphatic rings. The molecular formula is C4H4ClNOS. The average molecular weight is 150 g/mol. The van der Waals surface area contributed by atoms with E-state index in [2.05, 4.69) is 4.37 Å². The van der Waals surface area contributed by atoms with Gasteiger partial charge in [0, 0.05) is 0 Å². The molecule has 0 unspecified atom stereocenters. The highest BCUT2D eigenvalue weighted by Crippen LogP contribution is 2.28. The molecule has 0 radical (unpaired) electrons. The van der Waals surface area contributed by atoms with Gasteiger partial charge < -0.3 is 5.11 Å². The van der Waals surface area contributed by atoms with Crippen molar-refractivity contribution in [2.24, 2.45) is 0 Å². The molecule has 0 aromatic carbocycles. The monoisotopic (exact) mass is 149 g/mol. The van der Waals surface area contributed by atoms with Gasteiger partial charge in [-0.25, -0.2) is 0 Å². The number of nitrogens with zero attached hydrogens (tertiary/aromatic N) is 1. The molecule has 0 saturated carbocycles. The molecule has 0 saturated heterocycles. The molecule has 0 aliphatic carbocycles. The Kier molecular flexibility index (Phi) is 1.40. The van der Waals surface area contributed by atoms with Crippen molar-refractivity contribution in [3.8, 4) is 5.75 Å². The molecule has 8 heavy (non-hydrogen) atoms. The van der Waals surface area contributed by atoms with E-state index >= 15 is 0 Å². The predicted octanol–water partition coefficient (Wildman–Crippen LogP) is 1.81. The molecule has 1 aromatic rings. The summed E-state index contributed by atoms with van der Waals surface area (Å²) in [5.74, 6) is 0.108. The molecule has 0 aliphatic heterocycles. The fourth-order valence-electron chi connectivity index (χ4n) is 0.340. The lowest BCUT2D eigenvalue weighted by Gasteiger charge is -1.81. The Labute approximate surface area is 55.9 Å². The van der Waals surface area contributed by atoms with Crippen molar-refractivity contribution in [2.75, 3.05) is 0 Å². The number of aromatic nitrogens is 1. The second kappa shape index (κ2) is 1.91. The molecule has 1 rings (SSSR count). The summed E-state index contributed by atoms with van der Waals surface area (Å²) in [5, 5.41) is 9.06. The van der Waals surface area contributed by atoms with E-state index in [1.54, 1.807) is 6.92 Å². The van der Waals surface area contributed by atoms with Crippen LogP contribution in [-0.4, -0.2) is 9.48 Å². The third-order valence-corrected chi connectivity index (χ3v) is 1.90. The summed E-state index contributed by atoms with van der Waals surface area (Å²) in [4.78, 5) is 0.759. The minimum atomic E-state index is 0.108. The number of aryl methyl sites for hydroxylation is 1. The zero-order chi connectivity index (χ0) is 6.15. The second-order valence-electron chi connectivity index (χ2n) is 1.38. The number of rotatable bonds is 0. The Balaban J connectivity index is 3.19. The van der Waals surface area contributed by atoms with Crippen molar-refractivity contribution in [3.63, 3.8) is 0 Å². The van der Waals surface area contributed by atoms with E-state index in [1.807, 2.05) is 0 Å². The molecule has 1 N–H and O–H groups in total. The third kappa shape index (κ3) is 0.788. The maximum atomic E-state index is 8.86. The van der Waals surface area contributed by atoms with E-state index in [-0.39, 0.29) is 10.9 Å². The zero-order valence-electron chi connectivity index (χ0n) is 4.18. The van der Waals surface area contributed by atoms with Crippen LogP contribution in [0.25, 0.3) is 0 Å². The first-order valence-electron chi connectivity index (χ1n) is 2.02. The molecule has 44 valence electrons. The van der Waals surface area contributed by atoms with Crippen LogP contribution in [0.3, 0.4) is 0 Å². The first-order chi connectivity index (χ1) is 3.72. The molecule has 0 atom stereocenters. The van der Waals surface area contributed by atoms with Gasteiger partial charge >= 0.3 is 0 Å². The Morgan fingerprint density at radius 1 is 1.75 bits per heavy atom. The van der Waals surface area contributed by atoms with Gasteiger partial charge in [-0.3, -0.25) is 0 Å². The van der Waals surface area contributed by atoms with Gasteiger partial charge in [0.25, 0.3) is 0 Å². The predicted molar refractivity (Wildman–Crippen MR) is 33.5 cm³/mol. The molecule has 0 bridgehead atoms. The molecular weight excluding hydrogens is 146 g/mol. The molecule has 0 spiro atoms. The van der Waals surface area contributed by atoms with Crippen molar-refractivity contribution < 1.29 is 5.11 Å². The summed E-state index contributed by atoms with van der Waals surface area (Å²) in [5.41, 5.74) is 0. The van der Waals surface area contributed by atoms with Crippen molar-refractivity contribution in [1.82, 2.24) is 4.37 Å². The first-order valence-corrected chi connectivity index (χ1v) is 3.17. The minimum absolute atomic E-state index is 0.108. The fraction of sp³-hybridized carbons (Fsp3) is 0.250. The minimum Gasteiger partial charge on any atom is -0.504 e. The molecule has 0 amide bonds. The molecule has 2 nitrogen and oxygen atoms in total. The van der Waals surface area contributed by atoms with Crippen molar-refractivity contribution in [3.05, 3.63) is 10.0 Å². The summed E-state index contributed by atoms with van der Waals surface area (Å²) in [6, 6.07) is 0. The van der Waals surface area contributed by atoms with Crippen LogP contribution in [-0.2, 0) is 0 Å². The van der Waals surface area contributed by atoms with Crippen molar-refractivity contribution in [2.45, 2.75) is 6.92 Å².